The molecule has 11 heteroatoms. The van der Waals surface area contributed by atoms with Crippen molar-refractivity contribution in [2.75, 3.05) is 18.1 Å². The van der Waals surface area contributed by atoms with Crippen LogP contribution in [0.4, 0.5) is 10.1 Å². The normalized spacial score (nSPS) is 16.3. The molecule has 0 saturated heterocycles. The Morgan fingerprint density at radius 3 is 2.29 bits per heavy atom. The van der Waals surface area contributed by atoms with E-state index in [9.17, 15) is 21.2 Å². The number of rotatable bonds is 7. The Kier molecular flexibility index (Phi) is 6.32. The Morgan fingerprint density at radius 2 is 1.68 bits per heavy atom. The van der Waals surface area contributed by atoms with Gasteiger partial charge in [-0.05, 0) is 59.7 Å². The molecule has 0 radical (unpaired) electrons. The number of benzene rings is 3. The molecule has 0 bridgehead atoms. The number of anilines is 1. The summed E-state index contributed by atoms with van der Waals surface area (Å²) >= 11 is 0. The maximum atomic E-state index is 13.5. The van der Waals surface area contributed by atoms with E-state index in [2.05, 4.69) is 9.82 Å². The molecule has 34 heavy (non-hydrogen) atoms. The second-order valence-electron chi connectivity index (χ2n) is 7.73. The first-order valence-electron chi connectivity index (χ1n) is 10.2. The van der Waals surface area contributed by atoms with Crippen molar-refractivity contribution in [3.63, 3.8) is 0 Å². The molecule has 1 heterocycles. The third-order valence-electron chi connectivity index (χ3n) is 5.23. The van der Waals surface area contributed by atoms with Crippen molar-refractivity contribution < 1.29 is 26.0 Å². The molecule has 0 aliphatic carbocycles. The van der Waals surface area contributed by atoms with Crippen LogP contribution in [0.25, 0.3) is 0 Å². The van der Waals surface area contributed by atoms with Gasteiger partial charge >= 0.3 is 0 Å². The van der Waals surface area contributed by atoms with Crippen molar-refractivity contribution in [3.8, 4) is 5.75 Å². The van der Waals surface area contributed by atoms with Crippen molar-refractivity contribution in [1.82, 2.24) is 4.41 Å². The quantitative estimate of drug-likeness (QED) is 0.529. The monoisotopic (exact) mass is 503 g/mol. The number of hydrazone groups is 1. The smallest absolute Gasteiger partial charge is 0.279 e. The molecule has 1 atom stereocenters. The molecule has 0 amide bonds. The highest BCUT2D eigenvalue weighted by Gasteiger charge is 2.38. The lowest BCUT2D eigenvalue weighted by Crippen LogP contribution is -2.27. The number of nitrogens with zero attached hydrogens (tertiary/aromatic N) is 2. The predicted octanol–water partition coefficient (Wildman–Crippen LogP) is 3.75. The molecule has 1 aliphatic rings. The predicted molar refractivity (Wildman–Crippen MR) is 127 cm³/mol. The first-order valence-corrected chi connectivity index (χ1v) is 13.5. The zero-order valence-electron chi connectivity index (χ0n) is 18.3. The molecule has 0 saturated carbocycles. The first kappa shape index (κ1) is 23.7. The molecule has 178 valence electrons. The lowest BCUT2D eigenvalue weighted by Gasteiger charge is -2.23. The molecule has 1 aliphatic heterocycles. The van der Waals surface area contributed by atoms with Crippen LogP contribution in [0, 0.1) is 5.82 Å². The Morgan fingerprint density at radius 1 is 1.00 bits per heavy atom. The van der Waals surface area contributed by atoms with Gasteiger partial charge in [0, 0.05) is 12.1 Å². The van der Waals surface area contributed by atoms with Crippen molar-refractivity contribution >= 4 is 31.4 Å². The van der Waals surface area contributed by atoms with Crippen molar-refractivity contribution in [3.05, 3.63) is 89.7 Å². The van der Waals surface area contributed by atoms with Gasteiger partial charge in [0.25, 0.3) is 10.0 Å². The van der Waals surface area contributed by atoms with Gasteiger partial charge in [-0.15, -0.1) is 0 Å². The fourth-order valence-corrected chi connectivity index (χ4v) is 5.64. The minimum Gasteiger partial charge on any atom is -0.497 e. The van der Waals surface area contributed by atoms with Gasteiger partial charge in [0.2, 0.25) is 10.0 Å². The second-order valence-corrected chi connectivity index (χ2v) is 11.3. The summed E-state index contributed by atoms with van der Waals surface area (Å²) in [5.74, 6) is 0.0259. The average Bonchev–Trinajstić information content (AvgIpc) is 3.25. The maximum absolute atomic E-state index is 13.5. The molecular formula is C23H22FN3O5S2. The van der Waals surface area contributed by atoms with Crippen LogP contribution >= 0.6 is 0 Å². The van der Waals surface area contributed by atoms with Gasteiger partial charge in [-0.3, -0.25) is 4.72 Å². The highest BCUT2D eigenvalue weighted by atomic mass is 32.2. The molecule has 0 aromatic heterocycles. The zero-order valence-corrected chi connectivity index (χ0v) is 20.0. The summed E-state index contributed by atoms with van der Waals surface area (Å²) in [6.07, 6.45) is 1.32. The Labute approximate surface area is 197 Å². The van der Waals surface area contributed by atoms with Gasteiger partial charge in [-0.25, -0.2) is 12.8 Å². The van der Waals surface area contributed by atoms with E-state index < -0.39 is 31.9 Å². The molecule has 0 unspecified atom stereocenters. The zero-order chi connectivity index (χ0) is 24.5. The molecular weight excluding hydrogens is 481 g/mol. The van der Waals surface area contributed by atoms with Gasteiger partial charge in [0.1, 0.15) is 11.6 Å². The Hall–Kier alpha value is -3.44. The molecule has 0 fully saturated rings. The van der Waals surface area contributed by atoms with Crippen molar-refractivity contribution in [2.24, 2.45) is 5.10 Å². The van der Waals surface area contributed by atoms with E-state index in [1.165, 1.54) is 19.2 Å². The number of sulfonamides is 2. The standard InChI is InChI=1S/C23H22FN3O5S2/c1-32-20-5-3-4-17(14-20)23-15-22(16-6-10-19(11-7-16)26-33(2,28)29)25-27(23)34(30,31)21-12-8-18(24)9-13-21/h3-14,23,26H,15H2,1-2H3/t23-/m0/s1. The summed E-state index contributed by atoms with van der Waals surface area (Å²) in [5, 5.41) is 4.44. The number of nitrogens with one attached hydrogen (secondary N) is 1. The highest BCUT2D eigenvalue weighted by molar-refractivity contribution is 7.92. The summed E-state index contributed by atoms with van der Waals surface area (Å²) in [7, 11) is -6.00. The van der Waals surface area contributed by atoms with Crippen LogP contribution in [0.15, 0.2) is 82.8 Å². The second kappa shape index (κ2) is 9.07. The minimum absolute atomic E-state index is 0.0838. The van der Waals surface area contributed by atoms with Gasteiger partial charge in [0.15, 0.2) is 0 Å². The van der Waals surface area contributed by atoms with E-state index >= 15 is 0 Å². The summed E-state index contributed by atoms with van der Waals surface area (Å²) < 4.78 is 72.0. The number of ether oxygens (including phenoxy) is 1. The fraction of sp³-hybridized carbons (Fsp3) is 0.174. The van der Waals surface area contributed by atoms with E-state index in [0.29, 0.717) is 28.3 Å². The number of hydrogen-bond donors (Lipinski definition) is 1. The van der Waals surface area contributed by atoms with Gasteiger partial charge in [-0.2, -0.15) is 17.9 Å². The topological polar surface area (TPSA) is 105 Å². The summed E-state index contributed by atoms with van der Waals surface area (Å²) in [6.45, 7) is 0. The number of halogens is 1. The van der Waals surface area contributed by atoms with Crippen LogP contribution in [0.1, 0.15) is 23.6 Å². The van der Waals surface area contributed by atoms with Gasteiger partial charge in [0.05, 0.1) is 30.0 Å². The van der Waals surface area contributed by atoms with Crippen molar-refractivity contribution in [2.45, 2.75) is 17.4 Å². The third kappa shape index (κ3) is 5.05. The first-order chi connectivity index (χ1) is 16.1. The molecule has 0 spiro atoms. The van der Waals surface area contributed by atoms with Crippen LogP contribution in [0.3, 0.4) is 0 Å². The van der Waals surface area contributed by atoms with E-state index in [1.54, 1.807) is 48.5 Å². The molecule has 8 nitrogen and oxygen atoms in total. The SMILES string of the molecule is COc1cccc([C@@H]2CC(c3ccc(NS(C)(=O)=O)cc3)=NN2S(=O)(=O)c2ccc(F)cc2)c1. The van der Waals surface area contributed by atoms with Crippen LogP contribution in [-0.4, -0.2) is 40.3 Å². The minimum atomic E-state index is -4.10. The van der Waals surface area contributed by atoms with Crippen LogP contribution in [0.2, 0.25) is 0 Å². The van der Waals surface area contributed by atoms with E-state index in [1.807, 2.05) is 0 Å². The summed E-state index contributed by atoms with van der Waals surface area (Å²) in [6, 6.07) is 17.5. The van der Waals surface area contributed by atoms with E-state index in [4.69, 9.17) is 4.74 Å². The number of hydrogen-bond acceptors (Lipinski definition) is 6. The number of methoxy groups -OCH3 is 1. The van der Waals surface area contributed by atoms with Crippen molar-refractivity contribution in [1.29, 1.82) is 0 Å². The average molecular weight is 504 g/mol. The van der Waals surface area contributed by atoms with Crippen LogP contribution in [0.5, 0.6) is 5.75 Å². The lowest BCUT2D eigenvalue weighted by atomic mass is 9.99. The summed E-state index contributed by atoms with van der Waals surface area (Å²) in [5.41, 5.74) is 2.21. The Balaban J connectivity index is 1.75. The van der Waals surface area contributed by atoms with E-state index in [-0.39, 0.29) is 11.3 Å². The maximum Gasteiger partial charge on any atom is 0.279 e. The molecule has 1 N–H and O–H groups in total. The van der Waals surface area contributed by atoms with Gasteiger partial charge < -0.3 is 4.74 Å². The van der Waals surface area contributed by atoms with E-state index in [0.717, 1.165) is 22.8 Å². The fourth-order valence-electron chi connectivity index (χ4n) is 3.64. The lowest BCUT2D eigenvalue weighted by molar-refractivity contribution is 0.368. The van der Waals surface area contributed by atoms with Crippen LogP contribution in [-0.2, 0) is 20.0 Å². The molecule has 3 aromatic rings. The summed E-state index contributed by atoms with van der Waals surface area (Å²) in [4.78, 5) is -0.0838. The molecule has 4 rings (SSSR count). The Bertz CT molecular complexity index is 1440. The van der Waals surface area contributed by atoms with Gasteiger partial charge in [-0.1, -0.05) is 24.3 Å². The third-order valence-corrected chi connectivity index (χ3v) is 7.53. The highest BCUT2D eigenvalue weighted by Crippen LogP contribution is 2.38. The largest absolute Gasteiger partial charge is 0.497 e. The molecule has 3 aromatic carbocycles. The van der Waals surface area contributed by atoms with Crippen LogP contribution < -0.4 is 9.46 Å².